The summed E-state index contributed by atoms with van der Waals surface area (Å²) in [7, 11) is 0. The Balaban J connectivity index is 1.11. The predicted octanol–water partition coefficient (Wildman–Crippen LogP) is 4.67. The van der Waals surface area contributed by atoms with Crippen molar-refractivity contribution in [1.29, 1.82) is 0 Å². The number of hydrogen-bond acceptors (Lipinski definition) is 7. The van der Waals surface area contributed by atoms with Gasteiger partial charge in [-0.2, -0.15) is 0 Å². The van der Waals surface area contributed by atoms with Gasteiger partial charge in [-0.1, -0.05) is 42.5 Å². The van der Waals surface area contributed by atoms with Crippen LogP contribution in [0.4, 0.5) is 16.5 Å². The van der Waals surface area contributed by atoms with Crippen molar-refractivity contribution < 1.29 is 19.2 Å². The van der Waals surface area contributed by atoms with Crippen LogP contribution in [0.3, 0.4) is 0 Å². The number of rotatable bonds is 6. The second-order valence-electron chi connectivity index (χ2n) is 9.36. The van der Waals surface area contributed by atoms with E-state index in [0.717, 1.165) is 17.0 Å². The normalized spacial score (nSPS) is 16.6. The van der Waals surface area contributed by atoms with E-state index in [4.69, 9.17) is 0 Å². The molecule has 1 aromatic heterocycles. The predicted molar refractivity (Wildman–Crippen MR) is 147 cm³/mol. The second kappa shape index (κ2) is 9.88. The van der Waals surface area contributed by atoms with E-state index in [1.807, 2.05) is 24.3 Å². The van der Waals surface area contributed by atoms with E-state index in [1.165, 1.54) is 16.9 Å². The van der Waals surface area contributed by atoms with Gasteiger partial charge in [0.2, 0.25) is 11.0 Å². The van der Waals surface area contributed by atoms with Gasteiger partial charge in [-0.25, -0.2) is 4.90 Å². The van der Waals surface area contributed by atoms with Crippen molar-refractivity contribution in [1.82, 2.24) is 10.2 Å². The van der Waals surface area contributed by atoms with E-state index < -0.39 is 17.7 Å². The molecule has 2 aliphatic heterocycles. The molecule has 1 fully saturated rings. The van der Waals surface area contributed by atoms with Crippen molar-refractivity contribution in [3.63, 3.8) is 0 Å². The molecule has 3 aromatic carbocycles. The van der Waals surface area contributed by atoms with Gasteiger partial charge in [0, 0.05) is 30.1 Å². The summed E-state index contributed by atoms with van der Waals surface area (Å²) < 4.78 is 0. The molecule has 39 heavy (non-hydrogen) atoms. The first-order valence-electron chi connectivity index (χ1n) is 12.5. The first kappa shape index (κ1) is 24.6. The number of anilines is 3. The Morgan fingerprint density at radius 3 is 2.18 bits per heavy atom. The van der Waals surface area contributed by atoms with E-state index in [0.29, 0.717) is 45.5 Å². The molecule has 9 nitrogen and oxygen atoms in total. The molecule has 0 spiro atoms. The van der Waals surface area contributed by atoms with Gasteiger partial charge in [0.15, 0.2) is 0 Å². The van der Waals surface area contributed by atoms with Crippen LogP contribution in [0.1, 0.15) is 60.9 Å². The summed E-state index contributed by atoms with van der Waals surface area (Å²) in [6.07, 6.45) is 1.27. The number of carbonyl (C=O) groups excluding carboxylic acids is 4. The van der Waals surface area contributed by atoms with Gasteiger partial charge >= 0.3 is 0 Å². The van der Waals surface area contributed by atoms with Gasteiger partial charge in [-0.15, -0.1) is 10.2 Å². The Morgan fingerprint density at radius 1 is 0.897 bits per heavy atom. The minimum atomic E-state index is -0.397. The maximum absolute atomic E-state index is 12.8. The lowest BCUT2D eigenvalue weighted by Gasteiger charge is -2.16. The topological polar surface area (TPSA) is 113 Å². The first-order chi connectivity index (χ1) is 18.9. The number of aryl methyl sites for hydroxylation is 1. The van der Waals surface area contributed by atoms with Gasteiger partial charge in [-0.05, 0) is 60.5 Å². The van der Waals surface area contributed by atoms with E-state index in [1.54, 1.807) is 53.4 Å². The van der Waals surface area contributed by atoms with Crippen molar-refractivity contribution in [2.24, 2.45) is 0 Å². The van der Waals surface area contributed by atoms with Crippen LogP contribution in [0.5, 0.6) is 0 Å². The van der Waals surface area contributed by atoms with Gasteiger partial charge in [0.1, 0.15) is 5.01 Å². The largest absolute Gasteiger partial charge is 0.312 e. The molecular formula is C29H23N5O4S. The van der Waals surface area contributed by atoms with E-state index in [-0.39, 0.29) is 11.8 Å². The Labute approximate surface area is 228 Å². The minimum Gasteiger partial charge on any atom is -0.312 e. The van der Waals surface area contributed by atoms with Crippen LogP contribution >= 0.6 is 11.3 Å². The van der Waals surface area contributed by atoms with Crippen LogP contribution in [0.25, 0.3) is 0 Å². The summed E-state index contributed by atoms with van der Waals surface area (Å²) in [5.74, 6) is -1.26. The molecule has 1 saturated heterocycles. The molecule has 1 N–H and O–H groups in total. The van der Waals surface area contributed by atoms with Gasteiger partial charge in [0.25, 0.3) is 17.7 Å². The number of hydrogen-bond donors (Lipinski definition) is 1. The Bertz CT molecular complexity index is 1580. The van der Waals surface area contributed by atoms with E-state index >= 15 is 0 Å². The number of nitrogens with one attached hydrogen (secondary N) is 1. The fourth-order valence-corrected chi connectivity index (χ4v) is 5.67. The average molecular weight is 538 g/mol. The lowest BCUT2D eigenvalue weighted by molar-refractivity contribution is -0.117. The maximum Gasteiger partial charge on any atom is 0.266 e. The molecule has 194 valence electrons. The van der Waals surface area contributed by atoms with Gasteiger partial charge in [0.05, 0.1) is 16.8 Å². The molecule has 4 aromatic rings. The summed E-state index contributed by atoms with van der Waals surface area (Å²) in [6, 6.07) is 20.9. The Kier molecular flexibility index (Phi) is 6.24. The van der Waals surface area contributed by atoms with Crippen LogP contribution in [-0.2, 0) is 11.2 Å². The van der Waals surface area contributed by atoms with Crippen molar-refractivity contribution in [2.75, 3.05) is 21.7 Å². The number of benzene rings is 3. The third-order valence-corrected chi connectivity index (χ3v) is 7.97. The zero-order valence-electron chi connectivity index (χ0n) is 21.0. The SMILES string of the molecule is CCc1ccc(N2CC(c3nnc(NC(=O)c4ccc(N5C(=O)c6ccccc6C5=O)cc4)s3)CC2=O)cc1. The monoisotopic (exact) mass is 537 g/mol. The number of aromatic nitrogens is 2. The molecule has 0 radical (unpaired) electrons. The summed E-state index contributed by atoms with van der Waals surface area (Å²) in [4.78, 5) is 53.8. The minimum absolute atomic E-state index is 0.0307. The lowest BCUT2D eigenvalue weighted by Crippen LogP contribution is -2.29. The van der Waals surface area contributed by atoms with Gasteiger partial charge in [-0.3, -0.25) is 24.5 Å². The Hall–Kier alpha value is -4.70. The molecule has 1 atom stereocenters. The van der Waals surface area contributed by atoms with Crippen LogP contribution in [0, 0.1) is 0 Å². The van der Waals surface area contributed by atoms with Crippen LogP contribution in [0.15, 0.2) is 72.8 Å². The van der Waals surface area contributed by atoms with Crippen LogP contribution in [0.2, 0.25) is 0 Å². The first-order valence-corrected chi connectivity index (χ1v) is 13.4. The average Bonchev–Trinajstić information content (AvgIpc) is 3.65. The molecule has 10 heteroatoms. The van der Waals surface area contributed by atoms with Crippen molar-refractivity contribution in [2.45, 2.75) is 25.7 Å². The zero-order chi connectivity index (χ0) is 27.1. The fourth-order valence-electron chi connectivity index (χ4n) is 4.84. The maximum atomic E-state index is 12.8. The number of imide groups is 1. The molecule has 0 aliphatic carbocycles. The highest BCUT2D eigenvalue weighted by Crippen LogP contribution is 2.35. The lowest BCUT2D eigenvalue weighted by atomic mass is 10.1. The summed E-state index contributed by atoms with van der Waals surface area (Å²) >= 11 is 1.24. The molecule has 4 amide bonds. The smallest absolute Gasteiger partial charge is 0.266 e. The third-order valence-electron chi connectivity index (χ3n) is 6.97. The van der Waals surface area contributed by atoms with E-state index in [2.05, 4.69) is 22.4 Å². The van der Waals surface area contributed by atoms with Crippen molar-refractivity contribution >= 4 is 51.5 Å². The molecule has 2 aliphatic rings. The molecule has 0 bridgehead atoms. The second-order valence-corrected chi connectivity index (χ2v) is 10.4. The summed E-state index contributed by atoms with van der Waals surface area (Å²) in [6.45, 7) is 2.59. The highest BCUT2D eigenvalue weighted by molar-refractivity contribution is 7.15. The molecular weight excluding hydrogens is 514 g/mol. The number of carbonyl (C=O) groups is 4. The molecule has 6 rings (SSSR count). The highest BCUT2D eigenvalue weighted by Gasteiger charge is 2.36. The summed E-state index contributed by atoms with van der Waals surface area (Å²) in [5, 5.41) is 12.1. The summed E-state index contributed by atoms with van der Waals surface area (Å²) in [5.41, 5.74) is 3.52. The van der Waals surface area contributed by atoms with Gasteiger partial charge < -0.3 is 4.90 Å². The van der Waals surface area contributed by atoms with Crippen LogP contribution < -0.4 is 15.1 Å². The Morgan fingerprint density at radius 2 is 1.54 bits per heavy atom. The third kappa shape index (κ3) is 4.48. The molecule has 3 heterocycles. The molecule has 0 saturated carbocycles. The number of nitrogens with zero attached hydrogens (tertiary/aromatic N) is 4. The van der Waals surface area contributed by atoms with E-state index in [9.17, 15) is 19.2 Å². The van der Waals surface area contributed by atoms with Crippen molar-refractivity contribution in [3.8, 4) is 0 Å². The standard InChI is InChI=1S/C29H23N5O4S/c1-2-17-7-11-20(12-8-17)33-16-19(15-24(33)35)26-31-32-29(39-26)30-25(36)18-9-13-21(14-10-18)34-27(37)22-5-3-4-6-23(22)28(34)38/h3-14,19H,2,15-16H2,1H3,(H,30,32,36). The number of amides is 4. The fraction of sp³-hybridized carbons (Fsp3) is 0.172. The zero-order valence-corrected chi connectivity index (χ0v) is 21.8. The number of fused-ring (bicyclic) bond motifs is 1. The van der Waals surface area contributed by atoms with Crippen LogP contribution in [-0.4, -0.2) is 40.4 Å². The van der Waals surface area contributed by atoms with Crippen molar-refractivity contribution in [3.05, 3.63) is 100 Å². The molecule has 1 unspecified atom stereocenters. The quantitative estimate of drug-likeness (QED) is 0.358. The highest BCUT2D eigenvalue weighted by atomic mass is 32.1.